The number of aromatic nitrogens is 4. The zero-order valence-electron chi connectivity index (χ0n) is 32.5. The first kappa shape index (κ1) is 54.6. The van der Waals surface area contributed by atoms with Gasteiger partial charge >= 0.3 is 31.5 Å². The molecular formula is C30H24Cl2N12O14S8Zn. The van der Waals surface area contributed by atoms with Crippen molar-refractivity contribution in [2.45, 2.75) is 28.3 Å². The van der Waals surface area contributed by atoms with Crippen LogP contribution in [-0.4, -0.2) is 83.0 Å². The van der Waals surface area contributed by atoms with Gasteiger partial charge in [-0.3, -0.25) is 0 Å². The molecule has 0 aliphatic carbocycles. The summed E-state index contributed by atoms with van der Waals surface area (Å²) in [7, 11) is -25.2. The Morgan fingerprint density at radius 3 is 1.01 bits per heavy atom. The van der Waals surface area contributed by atoms with E-state index in [2.05, 4.69) is 40.5 Å². The van der Waals surface area contributed by atoms with E-state index in [1.165, 1.54) is 72.8 Å². The SMILES string of the molecule is NS(=O)(=O)c1nnc([N-]S(=O)(=O)c2ccc(NC(=O)NS(=O)(=O)c3ccc(Cl)cc3)cc2)s1.NS(=O)(=O)c1nnc([N-]S(=O)(=O)c2ccc(NC(=O)NS(=O)(=O)c3ccc(Cl)cc3)cc2)s1.[Zn+2]. The molecule has 4 aromatic carbocycles. The van der Waals surface area contributed by atoms with Crippen LogP contribution in [0.3, 0.4) is 0 Å². The van der Waals surface area contributed by atoms with Crippen LogP contribution in [0.4, 0.5) is 31.2 Å². The number of halogens is 2. The van der Waals surface area contributed by atoms with Crippen molar-refractivity contribution in [3.8, 4) is 0 Å². The molecule has 8 N–H and O–H groups in total. The van der Waals surface area contributed by atoms with Crippen molar-refractivity contribution in [3.05, 3.63) is 117 Å². The topological polar surface area (TPSA) is 419 Å². The minimum absolute atomic E-state index is 0. The van der Waals surface area contributed by atoms with Crippen LogP contribution in [0.25, 0.3) is 9.44 Å². The number of nitrogens with zero attached hydrogens (tertiary/aromatic N) is 6. The number of carbonyl (C=O) groups excluding carboxylic acids is 2. The largest absolute Gasteiger partial charge is 2.00 e. The first-order valence-corrected chi connectivity index (χ1v) is 27.9. The number of hydrogen-bond acceptors (Lipinski definition) is 20. The van der Waals surface area contributed by atoms with Crippen molar-refractivity contribution in [2.75, 3.05) is 10.6 Å². The summed E-state index contributed by atoms with van der Waals surface area (Å²) < 4.78 is 152. The first-order chi connectivity index (χ1) is 30.5. The third kappa shape index (κ3) is 15.5. The summed E-state index contributed by atoms with van der Waals surface area (Å²) in [4.78, 5) is 23.1. The van der Waals surface area contributed by atoms with E-state index in [1.54, 1.807) is 9.44 Å². The molecule has 6 rings (SSSR count). The molecule has 4 amide bonds. The van der Waals surface area contributed by atoms with Gasteiger partial charge in [-0.05, 0) is 97.1 Å². The Balaban J connectivity index is 0.000000288. The second kappa shape index (κ2) is 21.5. The molecule has 0 fully saturated rings. The molecule has 2 aromatic heterocycles. The van der Waals surface area contributed by atoms with Gasteiger partial charge in [0.05, 0.1) is 19.6 Å². The van der Waals surface area contributed by atoms with Gasteiger partial charge in [0, 0.05) is 31.7 Å². The molecular weight excluding hydrogens is 1150 g/mol. The summed E-state index contributed by atoms with van der Waals surface area (Å²) in [6.07, 6.45) is 0. The normalized spacial score (nSPS) is 12.0. The zero-order valence-corrected chi connectivity index (χ0v) is 43.5. The number of anilines is 2. The predicted molar refractivity (Wildman–Crippen MR) is 237 cm³/mol. The van der Waals surface area contributed by atoms with Gasteiger partial charge in [-0.2, -0.15) is 0 Å². The van der Waals surface area contributed by atoms with Crippen LogP contribution in [0.5, 0.6) is 0 Å². The second-order valence-corrected chi connectivity index (χ2v) is 24.8. The molecule has 0 aliphatic rings. The van der Waals surface area contributed by atoms with E-state index in [-0.39, 0.29) is 50.4 Å². The van der Waals surface area contributed by atoms with Crippen LogP contribution in [0.2, 0.25) is 10.0 Å². The van der Waals surface area contributed by atoms with Crippen LogP contribution in [0, 0.1) is 0 Å². The van der Waals surface area contributed by atoms with E-state index in [0.29, 0.717) is 32.7 Å². The summed E-state index contributed by atoms with van der Waals surface area (Å²) in [5.74, 6) is 0. The third-order valence-corrected chi connectivity index (χ3v) is 17.4. The summed E-state index contributed by atoms with van der Waals surface area (Å²) >= 11 is 12.1. The second-order valence-electron chi connectivity index (χ2n) is 12.0. The number of urea groups is 2. The number of hydrogen-bond donors (Lipinski definition) is 6. The van der Waals surface area contributed by atoms with Crippen molar-refractivity contribution in [3.63, 3.8) is 0 Å². The van der Waals surface area contributed by atoms with Gasteiger partial charge in [0.15, 0.2) is 0 Å². The number of nitrogens with one attached hydrogen (secondary N) is 4. The molecule has 2 heterocycles. The fraction of sp³-hybridized carbons (Fsp3) is 0. The summed E-state index contributed by atoms with van der Waals surface area (Å²) in [5.41, 5.74) is 0.148. The van der Waals surface area contributed by atoms with Crippen molar-refractivity contribution in [1.29, 1.82) is 0 Å². The van der Waals surface area contributed by atoms with Crippen molar-refractivity contribution < 1.29 is 79.6 Å². The Bertz CT molecular complexity index is 3250. The molecule has 0 unspecified atom stereocenters. The first-order valence-electron chi connectivity index (χ1n) is 16.6. The molecule has 0 atom stereocenters. The van der Waals surface area contributed by atoms with Gasteiger partial charge in [0.1, 0.15) is 0 Å². The maximum atomic E-state index is 12.4. The van der Waals surface area contributed by atoms with E-state index < -0.39 is 91.1 Å². The number of rotatable bonds is 14. The number of benzene rings is 4. The van der Waals surface area contributed by atoms with Gasteiger partial charge in [-0.1, -0.05) is 23.2 Å². The van der Waals surface area contributed by atoms with Gasteiger partial charge < -0.3 is 30.3 Å². The molecule has 352 valence electrons. The number of sulfonamides is 6. The van der Waals surface area contributed by atoms with E-state index in [4.69, 9.17) is 33.5 Å². The van der Waals surface area contributed by atoms with E-state index in [1.807, 2.05) is 0 Å². The van der Waals surface area contributed by atoms with Crippen molar-refractivity contribution in [2.24, 2.45) is 10.3 Å². The molecule has 0 aliphatic heterocycles. The number of primary sulfonamides is 2. The molecule has 67 heavy (non-hydrogen) atoms. The smallest absolute Gasteiger partial charge is 0.342 e. The summed E-state index contributed by atoms with van der Waals surface area (Å²) in [5, 5.41) is 27.2. The number of nitrogens with two attached hydrogens (primary N) is 2. The third-order valence-electron chi connectivity index (χ3n) is 7.20. The molecule has 0 saturated carbocycles. The van der Waals surface area contributed by atoms with E-state index >= 15 is 0 Å². The van der Waals surface area contributed by atoms with Crippen molar-refractivity contribution >= 4 is 140 Å². The molecule has 37 heteroatoms. The summed E-state index contributed by atoms with van der Waals surface area (Å²) in [6.45, 7) is 0. The molecule has 6 aromatic rings. The Labute approximate surface area is 411 Å². The molecule has 26 nitrogen and oxygen atoms in total. The van der Waals surface area contributed by atoms with E-state index in [0.717, 1.165) is 24.3 Å². The molecule has 0 radical (unpaired) electrons. The van der Waals surface area contributed by atoms with Crippen LogP contribution in [0.1, 0.15) is 0 Å². The molecule has 0 spiro atoms. The van der Waals surface area contributed by atoms with Gasteiger partial charge in [-0.15, -0.1) is 22.7 Å². The van der Waals surface area contributed by atoms with Gasteiger partial charge in [0.25, 0.3) is 40.1 Å². The quantitative estimate of drug-likeness (QED) is 0.0850. The maximum absolute atomic E-state index is 12.4. The van der Waals surface area contributed by atoms with Gasteiger partial charge in [0.2, 0.25) is 28.7 Å². The monoisotopic (exact) mass is 1170 g/mol. The molecule has 0 saturated heterocycles. The fourth-order valence-electron chi connectivity index (χ4n) is 4.34. The molecule has 0 bridgehead atoms. The summed E-state index contributed by atoms with van der Waals surface area (Å²) in [6, 6.07) is 17.1. The van der Waals surface area contributed by atoms with Crippen LogP contribution in [0.15, 0.2) is 125 Å². The Hall–Kier alpha value is -5.04. The Morgan fingerprint density at radius 2 is 0.746 bits per heavy atom. The predicted octanol–water partition coefficient (Wildman–Crippen LogP) is 3.48. The van der Waals surface area contributed by atoms with Crippen molar-refractivity contribution in [1.82, 2.24) is 29.8 Å². The van der Waals surface area contributed by atoms with Gasteiger partial charge in [-0.25, -0.2) is 90.0 Å². The van der Waals surface area contributed by atoms with Crippen LogP contribution < -0.4 is 30.4 Å². The average Bonchev–Trinajstić information content (AvgIpc) is 3.88. The average molecular weight is 1170 g/mol. The van der Waals surface area contributed by atoms with E-state index in [9.17, 15) is 60.1 Å². The Kier molecular flexibility index (Phi) is 17.5. The number of amides is 4. The Morgan fingerprint density at radius 1 is 0.463 bits per heavy atom. The van der Waals surface area contributed by atoms with Crippen LogP contribution in [-0.2, 0) is 79.6 Å². The minimum Gasteiger partial charge on any atom is -0.342 e. The minimum atomic E-state index is -4.30. The van der Waals surface area contributed by atoms with Crippen LogP contribution >= 0.6 is 45.9 Å². The maximum Gasteiger partial charge on any atom is 2.00 e. The fourth-order valence-corrected chi connectivity index (χ4v) is 11.3. The number of carbonyl (C=O) groups is 2. The zero-order chi connectivity index (χ0) is 48.9. The standard InChI is InChI=1S/2C15H13ClN6O7S4.Zn/c2*16-9-1-5-11(6-2-9)32(26,27)21-13(23)18-10-3-7-12(8-4-10)33(28,29)22-14-19-20-15(30-14)31(17,24)25;/h2*1-8H,(H5,17,18,19,21,22,23,24,25);/q;;+2/p-2.